The number of nitrogens with zero attached hydrogens (tertiary/aromatic N) is 1. The van der Waals surface area contributed by atoms with Gasteiger partial charge in [-0.3, -0.25) is 0 Å². The Hall–Kier alpha value is -6.64. The Morgan fingerprint density at radius 2 is 0.804 bits per heavy atom. The SMILES string of the molecule is Cc1cc(C)c(-c2cc(N(c3ccccc3)c3ccc(-c4ccccc4)cc3)cc(-c3c(C)cc(C)cc3C)c2-c2ccc3c(c2)oc2ccccc23)c(C)c1. The lowest BCUT2D eigenvalue weighted by molar-refractivity contribution is 0.669. The van der Waals surface area contributed by atoms with Crippen molar-refractivity contribution >= 4 is 39.0 Å². The number of rotatable bonds is 7. The smallest absolute Gasteiger partial charge is 0.136 e. The van der Waals surface area contributed by atoms with Gasteiger partial charge in [-0.1, -0.05) is 120 Å². The molecule has 9 rings (SSSR count). The summed E-state index contributed by atoms with van der Waals surface area (Å²) in [5.41, 5.74) is 22.3. The van der Waals surface area contributed by atoms with Crippen LogP contribution >= 0.6 is 0 Å². The highest BCUT2D eigenvalue weighted by Crippen LogP contribution is 2.49. The predicted molar refractivity (Wildman–Crippen MR) is 239 cm³/mol. The maximum absolute atomic E-state index is 6.54. The number of hydrogen-bond acceptors (Lipinski definition) is 2. The van der Waals surface area contributed by atoms with Crippen LogP contribution in [-0.2, 0) is 0 Å². The van der Waals surface area contributed by atoms with Gasteiger partial charge in [-0.05, 0) is 163 Å². The third-order valence-corrected chi connectivity index (χ3v) is 11.2. The Kier molecular flexibility index (Phi) is 8.90. The van der Waals surface area contributed by atoms with Crippen LogP contribution in [0.15, 0.2) is 168 Å². The van der Waals surface area contributed by atoms with Gasteiger partial charge in [-0.2, -0.15) is 0 Å². The molecule has 8 aromatic carbocycles. The first kappa shape index (κ1) is 35.1. The van der Waals surface area contributed by atoms with Gasteiger partial charge >= 0.3 is 0 Å². The number of para-hydroxylation sites is 2. The van der Waals surface area contributed by atoms with Crippen molar-refractivity contribution in [2.75, 3.05) is 4.90 Å². The first-order valence-corrected chi connectivity index (χ1v) is 19.5. The normalized spacial score (nSPS) is 11.4. The van der Waals surface area contributed by atoms with Crippen molar-refractivity contribution in [2.45, 2.75) is 41.5 Å². The highest BCUT2D eigenvalue weighted by atomic mass is 16.3. The molecule has 9 aromatic rings. The van der Waals surface area contributed by atoms with Gasteiger partial charge in [0.05, 0.1) is 0 Å². The Morgan fingerprint density at radius 1 is 0.339 bits per heavy atom. The fourth-order valence-corrected chi connectivity index (χ4v) is 9.01. The molecular weight excluding hydrogens is 679 g/mol. The maximum atomic E-state index is 6.54. The lowest BCUT2D eigenvalue weighted by Gasteiger charge is -2.29. The topological polar surface area (TPSA) is 16.4 Å². The van der Waals surface area contributed by atoms with Crippen LogP contribution in [0.3, 0.4) is 0 Å². The van der Waals surface area contributed by atoms with E-state index in [1.54, 1.807) is 0 Å². The number of anilines is 3. The predicted octanol–water partition coefficient (Wildman–Crippen LogP) is 15.6. The maximum Gasteiger partial charge on any atom is 0.136 e. The second-order valence-electron chi connectivity index (χ2n) is 15.4. The minimum Gasteiger partial charge on any atom is -0.456 e. The van der Waals surface area contributed by atoms with E-state index < -0.39 is 0 Å². The Balaban J connectivity index is 1.38. The zero-order chi connectivity index (χ0) is 38.5. The fourth-order valence-electron chi connectivity index (χ4n) is 9.01. The molecule has 0 saturated heterocycles. The summed E-state index contributed by atoms with van der Waals surface area (Å²) in [7, 11) is 0. The fraction of sp³-hybridized carbons (Fsp3) is 0.111. The van der Waals surface area contributed by atoms with E-state index in [1.807, 2.05) is 6.07 Å². The monoisotopic (exact) mass is 723 g/mol. The van der Waals surface area contributed by atoms with Crippen LogP contribution in [0.1, 0.15) is 33.4 Å². The first-order valence-electron chi connectivity index (χ1n) is 19.5. The van der Waals surface area contributed by atoms with Crippen LogP contribution in [0, 0.1) is 41.5 Å². The van der Waals surface area contributed by atoms with E-state index >= 15 is 0 Å². The molecule has 1 aromatic heterocycles. The molecular formula is C54H45NO. The Labute approximate surface area is 330 Å². The molecule has 272 valence electrons. The molecule has 0 aliphatic heterocycles. The van der Waals surface area contributed by atoms with E-state index in [-0.39, 0.29) is 0 Å². The van der Waals surface area contributed by atoms with Gasteiger partial charge < -0.3 is 9.32 Å². The standard InChI is InChI=1S/C54H45NO/c1-34-27-36(3)52(37(4)28-34)48-32-45(55(43-17-11-8-12-18-43)44-24-21-41(22-25-44)40-15-9-7-10-16-40)33-49(53-38(5)29-35(2)30-39(53)6)54(48)42-23-26-47-46-19-13-14-20-50(46)56-51(47)31-42/h7-33H,1-6H3. The van der Waals surface area contributed by atoms with Crippen molar-refractivity contribution in [1.82, 2.24) is 0 Å². The third kappa shape index (κ3) is 6.28. The molecule has 0 amide bonds. The second-order valence-corrected chi connectivity index (χ2v) is 15.4. The first-order chi connectivity index (χ1) is 27.2. The molecule has 0 aliphatic rings. The molecule has 0 spiro atoms. The summed E-state index contributed by atoms with van der Waals surface area (Å²) in [5.74, 6) is 0. The van der Waals surface area contributed by atoms with Crippen molar-refractivity contribution in [2.24, 2.45) is 0 Å². The van der Waals surface area contributed by atoms with E-state index in [0.717, 1.165) is 44.6 Å². The number of aryl methyl sites for hydroxylation is 6. The van der Waals surface area contributed by atoms with Gasteiger partial charge in [0.2, 0.25) is 0 Å². The van der Waals surface area contributed by atoms with E-state index in [1.165, 1.54) is 72.3 Å². The number of fused-ring (bicyclic) bond motifs is 3. The molecule has 2 heteroatoms. The molecule has 0 atom stereocenters. The van der Waals surface area contributed by atoms with Crippen LogP contribution in [0.5, 0.6) is 0 Å². The number of hydrogen-bond donors (Lipinski definition) is 0. The van der Waals surface area contributed by atoms with E-state index in [2.05, 4.69) is 204 Å². The summed E-state index contributed by atoms with van der Waals surface area (Å²) < 4.78 is 6.54. The third-order valence-electron chi connectivity index (χ3n) is 11.2. The molecule has 0 aliphatic carbocycles. The molecule has 0 radical (unpaired) electrons. The van der Waals surface area contributed by atoms with Crippen molar-refractivity contribution in [1.29, 1.82) is 0 Å². The van der Waals surface area contributed by atoms with Crippen LogP contribution in [0.2, 0.25) is 0 Å². The van der Waals surface area contributed by atoms with E-state index in [0.29, 0.717) is 0 Å². The lowest BCUT2D eigenvalue weighted by Crippen LogP contribution is -2.11. The minimum atomic E-state index is 0.892. The molecule has 2 nitrogen and oxygen atoms in total. The molecule has 1 heterocycles. The number of benzene rings is 8. The van der Waals surface area contributed by atoms with Gasteiger partial charge in [0.1, 0.15) is 11.2 Å². The summed E-state index contributed by atoms with van der Waals surface area (Å²) in [5, 5.41) is 2.26. The van der Waals surface area contributed by atoms with Gasteiger partial charge in [0, 0.05) is 27.8 Å². The summed E-state index contributed by atoms with van der Waals surface area (Å²) in [6.45, 7) is 13.4. The highest BCUT2D eigenvalue weighted by Gasteiger charge is 2.25. The average molecular weight is 724 g/mol. The molecule has 56 heavy (non-hydrogen) atoms. The van der Waals surface area contributed by atoms with Crippen LogP contribution < -0.4 is 4.90 Å². The van der Waals surface area contributed by atoms with Gasteiger partial charge in [-0.25, -0.2) is 0 Å². The molecule has 0 saturated carbocycles. The summed E-state index contributed by atoms with van der Waals surface area (Å²) in [6.07, 6.45) is 0. The van der Waals surface area contributed by atoms with Gasteiger partial charge in [0.15, 0.2) is 0 Å². The zero-order valence-electron chi connectivity index (χ0n) is 32.9. The van der Waals surface area contributed by atoms with Crippen LogP contribution in [0.4, 0.5) is 17.1 Å². The number of furan rings is 1. The van der Waals surface area contributed by atoms with Crippen LogP contribution in [-0.4, -0.2) is 0 Å². The van der Waals surface area contributed by atoms with Gasteiger partial charge in [0.25, 0.3) is 0 Å². The van der Waals surface area contributed by atoms with Crippen molar-refractivity contribution in [3.8, 4) is 44.5 Å². The molecule has 0 unspecified atom stereocenters. The highest BCUT2D eigenvalue weighted by molar-refractivity contribution is 6.08. The summed E-state index contributed by atoms with van der Waals surface area (Å²) >= 11 is 0. The van der Waals surface area contributed by atoms with Crippen molar-refractivity contribution in [3.05, 3.63) is 197 Å². The average Bonchev–Trinajstić information content (AvgIpc) is 3.56. The molecule has 0 N–H and O–H groups in total. The van der Waals surface area contributed by atoms with E-state index in [4.69, 9.17) is 4.42 Å². The molecule has 0 bridgehead atoms. The van der Waals surface area contributed by atoms with Crippen molar-refractivity contribution < 1.29 is 4.42 Å². The molecule has 0 fully saturated rings. The van der Waals surface area contributed by atoms with Gasteiger partial charge in [-0.15, -0.1) is 0 Å². The Morgan fingerprint density at radius 3 is 1.39 bits per heavy atom. The van der Waals surface area contributed by atoms with E-state index in [9.17, 15) is 0 Å². The zero-order valence-corrected chi connectivity index (χ0v) is 32.9. The quantitative estimate of drug-likeness (QED) is 0.163. The largest absolute Gasteiger partial charge is 0.456 e. The Bertz CT molecular complexity index is 2770. The van der Waals surface area contributed by atoms with Crippen LogP contribution in [0.25, 0.3) is 66.4 Å². The summed E-state index contributed by atoms with van der Waals surface area (Å²) in [4.78, 5) is 2.41. The lowest BCUT2D eigenvalue weighted by atomic mass is 9.81. The minimum absolute atomic E-state index is 0.892. The van der Waals surface area contributed by atoms with Crippen molar-refractivity contribution in [3.63, 3.8) is 0 Å². The second kappa shape index (κ2) is 14.2. The summed E-state index contributed by atoms with van der Waals surface area (Å²) in [6, 6.07) is 59.6.